The number of hydrogen-bond acceptors (Lipinski definition) is 8. The molecule has 11 heteroatoms. The number of Topliss-reactive ketones (excluding diaryl/α,β-unsaturated/α-hetero) is 1. The molecule has 1 atom stereocenters. The number of allylic oxidation sites excluding steroid dienone is 4. The molecule has 0 saturated carbocycles. The van der Waals surface area contributed by atoms with Crippen molar-refractivity contribution in [2.45, 2.75) is 45.8 Å². The van der Waals surface area contributed by atoms with Gasteiger partial charge in [-0.1, -0.05) is 55.1 Å². The molecule has 1 unspecified atom stereocenters. The quantitative estimate of drug-likeness (QED) is 0.165. The summed E-state index contributed by atoms with van der Waals surface area (Å²) in [5.74, 6) is -0.581. The van der Waals surface area contributed by atoms with Crippen LogP contribution in [0.4, 0.5) is 21.6 Å². The average molecular weight is 609 g/mol. The van der Waals surface area contributed by atoms with Crippen molar-refractivity contribution in [2.75, 3.05) is 29.1 Å². The van der Waals surface area contributed by atoms with E-state index in [1.54, 1.807) is 36.2 Å². The van der Waals surface area contributed by atoms with Gasteiger partial charge in [-0.2, -0.15) is 5.10 Å². The predicted molar refractivity (Wildman–Crippen MR) is 170 cm³/mol. The number of aromatic nitrogens is 2. The smallest absolute Gasteiger partial charge is 0.214 e. The second-order valence-electron chi connectivity index (χ2n) is 10.3. The third-order valence-electron chi connectivity index (χ3n) is 7.34. The lowest BCUT2D eigenvalue weighted by Crippen LogP contribution is -2.34. The van der Waals surface area contributed by atoms with Gasteiger partial charge in [0.05, 0.1) is 28.2 Å². The molecule has 0 aliphatic carbocycles. The predicted octanol–water partition coefficient (Wildman–Crippen LogP) is 7.12. The summed E-state index contributed by atoms with van der Waals surface area (Å²) >= 11 is 7.70. The van der Waals surface area contributed by atoms with Gasteiger partial charge in [-0.25, -0.2) is 9.07 Å². The zero-order valence-electron chi connectivity index (χ0n) is 24.0. The Balaban J connectivity index is 1.35. The first-order chi connectivity index (χ1) is 20.2. The minimum absolute atomic E-state index is 0.0215. The molecule has 2 aromatic carbocycles. The molecule has 1 aromatic heterocycles. The van der Waals surface area contributed by atoms with E-state index in [1.807, 2.05) is 25.3 Å². The van der Waals surface area contributed by atoms with E-state index in [2.05, 4.69) is 34.2 Å². The van der Waals surface area contributed by atoms with E-state index in [-0.39, 0.29) is 22.4 Å². The molecule has 0 amide bonds. The van der Waals surface area contributed by atoms with Gasteiger partial charge in [-0.05, 0) is 67.2 Å². The van der Waals surface area contributed by atoms with Crippen molar-refractivity contribution in [3.8, 4) is 5.75 Å². The number of nitrogen functional groups attached to an aromatic ring is 1. The van der Waals surface area contributed by atoms with E-state index in [9.17, 15) is 9.18 Å². The number of aryl methyl sites for hydroxylation is 1. The summed E-state index contributed by atoms with van der Waals surface area (Å²) in [5.41, 5.74) is 13.1. The van der Waals surface area contributed by atoms with Crippen LogP contribution < -0.4 is 20.5 Å². The van der Waals surface area contributed by atoms with E-state index < -0.39 is 12.0 Å². The zero-order chi connectivity index (χ0) is 30.0. The molecule has 0 spiro atoms. The fourth-order valence-electron chi connectivity index (χ4n) is 5.03. The number of ketones is 1. The van der Waals surface area contributed by atoms with E-state index in [1.165, 1.54) is 28.6 Å². The van der Waals surface area contributed by atoms with Gasteiger partial charge in [0.1, 0.15) is 5.82 Å². The summed E-state index contributed by atoms with van der Waals surface area (Å²) < 4.78 is 25.1. The van der Waals surface area contributed by atoms with Gasteiger partial charge in [0.2, 0.25) is 5.78 Å². The monoisotopic (exact) mass is 608 g/mol. The van der Waals surface area contributed by atoms with Crippen molar-refractivity contribution in [2.24, 2.45) is 0 Å². The molecule has 3 heterocycles. The molecule has 0 bridgehead atoms. The number of para-hydroxylation sites is 1. The number of nitrogens with one attached hydrogen (secondary N) is 2. The van der Waals surface area contributed by atoms with Gasteiger partial charge in [0.25, 0.3) is 0 Å². The first-order valence-corrected chi connectivity index (χ1v) is 15.4. The average Bonchev–Trinajstić information content (AvgIpc) is 3.35. The number of anilines is 3. The SMILES string of the molecule is CCCCc1cc2c(cc1NSC)NC(C(=O)c1cnn(C3=CN(C)C(Oc4c(F)cccc4Cl)C=C3C)c1N)=CC2. The van der Waals surface area contributed by atoms with Crippen LogP contribution in [-0.4, -0.2) is 40.0 Å². The third kappa shape index (κ3) is 5.87. The van der Waals surface area contributed by atoms with Crippen LogP contribution in [0, 0.1) is 5.82 Å². The van der Waals surface area contributed by atoms with Crippen LogP contribution in [-0.2, 0) is 12.8 Å². The van der Waals surface area contributed by atoms with Crippen LogP contribution in [0.25, 0.3) is 5.70 Å². The molecule has 42 heavy (non-hydrogen) atoms. The van der Waals surface area contributed by atoms with Crippen LogP contribution in [0.2, 0.25) is 5.02 Å². The number of rotatable bonds is 10. The van der Waals surface area contributed by atoms with Gasteiger partial charge in [0.15, 0.2) is 17.8 Å². The normalized spacial score (nSPS) is 16.2. The molecule has 2 aliphatic heterocycles. The van der Waals surface area contributed by atoms with Crippen molar-refractivity contribution >= 4 is 52.2 Å². The number of halogens is 2. The Bertz CT molecular complexity index is 1590. The lowest BCUT2D eigenvalue weighted by atomic mass is 9.96. The minimum Gasteiger partial charge on any atom is -0.462 e. The molecule has 8 nitrogen and oxygen atoms in total. The summed E-state index contributed by atoms with van der Waals surface area (Å²) in [6, 6.07) is 8.69. The van der Waals surface area contributed by atoms with Crippen LogP contribution in [0.3, 0.4) is 0 Å². The summed E-state index contributed by atoms with van der Waals surface area (Å²) in [6.45, 7) is 4.06. The number of carbonyl (C=O) groups is 1. The number of carbonyl (C=O) groups excluding carboxylic acids is 1. The van der Waals surface area contributed by atoms with Crippen LogP contribution in [0.15, 0.2) is 66.2 Å². The minimum atomic E-state index is -0.606. The van der Waals surface area contributed by atoms with Crippen molar-refractivity contribution in [1.29, 1.82) is 0 Å². The van der Waals surface area contributed by atoms with Gasteiger partial charge in [0, 0.05) is 30.9 Å². The Morgan fingerprint density at radius 2 is 2.17 bits per heavy atom. The highest BCUT2D eigenvalue weighted by atomic mass is 35.5. The van der Waals surface area contributed by atoms with Crippen LogP contribution in [0.5, 0.6) is 5.75 Å². The number of fused-ring (bicyclic) bond motifs is 1. The number of nitrogens with zero attached hydrogens (tertiary/aromatic N) is 3. The highest BCUT2D eigenvalue weighted by molar-refractivity contribution is 7.99. The van der Waals surface area contributed by atoms with E-state index in [0.717, 1.165) is 41.8 Å². The first kappa shape index (κ1) is 29.6. The molecule has 5 rings (SSSR count). The van der Waals surface area contributed by atoms with E-state index in [4.69, 9.17) is 22.1 Å². The Morgan fingerprint density at radius 1 is 1.36 bits per heavy atom. The fraction of sp³-hybridized carbons (Fsp3) is 0.290. The van der Waals surface area contributed by atoms with Crippen LogP contribution in [0.1, 0.15) is 48.2 Å². The van der Waals surface area contributed by atoms with Gasteiger partial charge in [-0.15, -0.1) is 0 Å². The first-order valence-electron chi connectivity index (χ1n) is 13.8. The highest BCUT2D eigenvalue weighted by Crippen LogP contribution is 2.35. The number of hydrogen-bond donors (Lipinski definition) is 3. The molecule has 0 saturated heterocycles. The maximum atomic E-state index is 14.3. The maximum absolute atomic E-state index is 14.3. The number of nitrogens with two attached hydrogens (primary N) is 1. The van der Waals surface area contributed by atoms with Gasteiger partial charge >= 0.3 is 0 Å². The van der Waals surface area contributed by atoms with Crippen LogP contribution >= 0.6 is 23.5 Å². The molecular weight excluding hydrogens is 575 g/mol. The topological polar surface area (TPSA) is 97.4 Å². The Kier molecular flexibility index (Phi) is 8.84. The molecule has 0 fully saturated rings. The molecule has 220 valence electrons. The summed E-state index contributed by atoms with van der Waals surface area (Å²) in [5, 5.41) is 7.96. The second-order valence-corrected chi connectivity index (χ2v) is 11.3. The Labute approximate surface area is 254 Å². The van der Waals surface area contributed by atoms with Gasteiger partial charge < -0.3 is 25.4 Å². The summed E-state index contributed by atoms with van der Waals surface area (Å²) in [7, 11) is 1.79. The lowest BCUT2D eigenvalue weighted by molar-refractivity contribution is 0.103. The fourth-order valence-corrected chi connectivity index (χ4v) is 5.64. The van der Waals surface area contributed by atoms with Crippen molar-refractivity contribution in [3.05, 3.63) is 93.7 Å². The summed E-state index contributed by atoms with van der Waals surface area (Å²) in [4.78, 5) is 15.4. The number of unbranched alkanes of at least 4 members (excludes halogenated alkanes) is 1. The number of ether oxygens (including phenoxy) is 1. The molecule has 4 N–H and O–H groups in total. The zero-order valence-corrected chi connectivity index (χ0v) is 25.6. The second kappa shape index (κ2) is 12.5. The number of likely N-dealkylation sites (N-methyl/N-ethyl adjacent to an activating group) is 1. The third-order valence-corrected chi connectivity index (χ3v) is 8.06. The highest BCUT2D eigenvalue weighted by Gasteiger charge is 2.27. The standard InChI is InChI=1S/C31H34ClFN6O2S/c1-5-6-8-19-14-20-11-12-24(36-25(20)15-26(19)37-42-4)29(40)21-16-35-39(31(21)34)27-17-38(3)28(13-18(27)2)41-30-22(32)9-7-10-23(30)33/h7,9-10,12-17,28,36-37H,5-6,8,11,34H2,1-4H3. The number of benzene rings is 2. The molecular formula is C31H34ClFN6O2S. The van der Waals surface area contributed by atoms with Crippen molar-refractivity contribution in [1.82, 2.24) is 14.7 Å². The molecule has 3 aromatic rings. The Morgan fingerprint density at radius 3 is 2.90 bits per heavy atom. The van der Waals surface area contributed by atoms with Crippen molar-refractivity contribution < 1.29 is 13.9 Å². The van der Waals surface area contributed by atoms with Crippen molar-refractivity contribution in [3.63, 3.8) is 0 Å². The largest absolute Gasteiger partial charge is 0.462 e. The Hall–Kier alpha value is -3.89. The summed E-state index contributed by atoms with van der Waals surface area (Å²) in [6.07, 6.45) is 12.3. The van der Waals surface area contributed by atoms with Gasteiger partial charge in [-0.3, -0.25) is 4.79 Å². The maximum Gasteiger partial charge on any atom is 0.214 e. The van der Waals surface area contributed by atoms with E-state index >= 15 is 0 Å². The molecule has 2 aliphatic rings. The molecule has 0 radical (unpaired) electrons. The lowest BCUT2D eigenvalue weighted by Gasteiger charge is -2.31. The van der Waals surface area contributed by atoms with E-state index in [0.29, 0.717) is 23.4 Å².